The molecule has 0 aromatic carbocycles. The quantitative estimate of drug-likeness (QED) is 0.803. The molecule has 1 fully saturated rings. The molecule has 1 amide bonds. The smallest absolute Gasteiger partial charge is 0.277 e. The van der Waals surface area contributed by atoms with Crippen LogP contribution in [0.5, 0.6) is 0 Å². The Morgan fingerprint density at radius 3 is 2.48 bits per heavy atom. The minimum absolute atomic E-state index is 0.178. The molecule has 2 rings (SSSR count). The van der Waals surface area contributed by atoms with Crippen molar-refractivity contribution in [2.24, 2.45) is 5.14 Å². The van der Waals surface area contributed by atoms with E-state index in [0.717, 1.165) is 10.00 Å². The predicted molar refractivity (Wildman–Crippen MR) is 79.2 cm³/mol. The molecule has 0 unspecified atom stereocenters. The summed E-state index contributed by atoms with van der Waals surface area (Å²) >= 11 is 5.91. The first-order valence-corrected chi connectivity index (χ1v) is 8.43. The normalized spacial score (nSPS) is 17.0. The summed E-state index contributed by atoms with van der Waals surface area (Å²) in [5.74, 6) is -0.178. The van der Waals surface area contributed by atoms with Crippen LogP contribution < -0.4 is 5.14 Å². The van der Waals surface area contributed by atoms with Crippen LogP contribution in [-0.4, -0.2) is 54.7 Å². The van der Waals surface area contributed by atoms with Crippen molar-refractivity contribution in [1.82, 2.24) is 14.2 Å². The van der Waals surface area contributed by atoms with Crippen molar-refractivity contribution in [1.29, 1.82) is 0 Å². The van der Waals surface area contributed by atoms with Crippen molar-refractivity contribution in [3.8, 4) is 0 Å². The standard InChI is InChI=1S/C12H17ClN4O3S/c1-2-10-7-9(8-11(13)15-10)12(18)16-3-5-17(6-4-16)21(14,19)20/h7-8H,2-6H2,1H3,(H2,14,19,20). The van der Waals surface area contributed by atoms with Crippen LogP contribution in [0.3, 0.4) is 0 Å². The Kier molecular flexibility index (Phi) is 4.82. The number of aryl methyl sites for hydroxylation is 1. The molecule has 21 heavy (non-hydrogen) atoms. The first-order valence-electron chi connectivity index (χ1n) is 6.55. The molecule has 2 N–H and O–H groups in total. The summed E-state index contributed by atoms with van der Waals surface area (Å²) in [4.78, 5) is 18.1. The molecule has 1 aromatic heterocycles. The van der Waals surface area contributed by atoms with E-state index in [9.17, 15) is 13.2 Å². The van der Waals surface area contributed by atoms with E-state index in [1.54, 1.807) is 11.0 Å². The van der Waals surface area contributed by atoms with Crippen molar-refractivity contribution in [2.45, 2.75) is 13.3 Å². The van der Waals surface area contributed by atoms with E-state index in [1.807, 2.05) is 6.92 Å². The molecular formula is C12H17ClN4O3S. The average Bonchev–Trinajstić information content (AvgIpc) is 2.45. The van der Waals surface area contributed by atoms with Crippen molar-refractivity contribution in [3.63, 3.8) is 0 Å². The number of carbonyl (C=O) groups excluding carboxylic acids is 1. The van der Waals surface area contributed by atoms with Gasteiger partial charge in [-0.15, -0.1) is 0 Å². The van der Waals surface area contributed by atoms with Crippen LogP contribution in [-0.2, 0) is 16.6 Å². The molecule has 0 spiro atoms. The molecule has 1 aromatic rings. The second-order valence-electron chi connectivity index (χ2n) is 4.76. The Bertz CT molecular complexity index is 642. The Morgan fingerprint density at radius 1 is 1.33 bits per heavy atom. The van der Waals surface area contributed by atoms with E-state index in [2.05, 4.69) is 4.98 Å². The third kappa shape index (κ3) is 3.91. The highest BCUT2D eigenvalue weighted by Crippen LogP contribution is 2.15. The van der Waals surface area contributed by atoms with E-state index in [1.165, 1.54) is 6.07 Å². The molecule has 1 saturated heterocycles. The summed E-state index contributed by atoms with van der Waals surface area (Å²) in [6, 6.07) is 3.23. The molecule has 1 aliphatic rings. The van der Waals surface area contributed by atoms with Crippen molar-refractivity contribution in [2.75, 3.05) is 26.2 Å². The van der Waals surface area contributed by atoms with Gasteiger partial charge in [0, 0.05) is 37.4 Å². The zero-order chi connectivity index (χ0) is 15.6. The molecular weight excluding hydrogens is 316 g/mol. The molecule has 9 heteroatoms. The second kappa shape index (κ2) is 6.27. The maximum absolute atomic E-state index is 12.4. The topological polar surface area (TPSA) is 96.6 Å². The molecule has 0 bridgehead atoms. The zero-order valence-electron chi connectivity index (χ0n) is 11.6. The van der Waals surface area contributed by atoms with Gasteiger partial charge >= 0.3 is 0 Å². The highest BCUT2D eigenvalue weighted by atomic mass is 35.5. The molecule has 0 atom stereocenters. The Hall–Kier alpha value is -1.22. The number of aromatic nitrogens is 1. The van der Waals surface area contributed by atoms with Crippen molar-refractivity contribution >= 4 is 27.7 Å². The lowest BCUT2D eigenvalue weighted by Crippen LogP contribution is -2.52. The van der Waals surface area contributed by atoms with E-state index in [4.69, 9.17) is 16.7 Å². The fourth-order valence-electron chi connectivity index (χ4n) is 2.18. The SMILES string of the molecule is CCc1cc(C(=O)N2CCN(S(N)(=O)=O)CC2)cc(Cl)n1. The maximum atomic E-state index is 12.4. The number of pyridine rings is 1. The Labute approximate surface area is 128 Å². The number of hydrogen-bond acceptors (Lipinski definition) is 4. The number of hydrogen-bond donors (Lipinski definition) is 1. The van der Waals surface area contributed by atoms with Gasteiger partial charge in [-0.05, 0) is 18.6 Å². The lowest BCUT2D eigenvalue weighted by atomic mass is 10.1. The van der Waals surface area contributed by atoms with E-state index < -0.39 is 10.2 Å². The monoisotopic (exact) mass is 332 g/mol. The highest BCUT2D eigenvalue weighted by Gasteiger charge is 2.27. The summed E-state index contributed by atoms with van der Waals surface area (Å²) in [7, 11) is -3.69. The third-order valence-corrected chi connectivity index (χ3v) is 4.62. The summed E-state index contributed by atoms with van der Waals surface area (Å²) in [5, 5.41) is 5.35. The average molecular weight is 333 g/mol. The van der Waals surface area contributed by atoms with Gasteiger partial charge < -0.3 is 4.90 Å². The largest absolute Gasteiger partial charge is 0.336 e. The van der Waals surface area contributed by atoms with Crippen LogP contribution in [0.2, 0.25) is 5.15 Å². The minimum atomic E-state index is -3.69. The fourth-order valence-corrected chi connectivity index (χ4v) is 3.08. The number of nitrogens with zero attached hydrogens (tertiary/aromatic N) is 3. The molecule has 2 heterocycles. The predicted octanol–water partition coefficient (Wildman–Crippen LogP) is 0.259. The minimum Gasteiger partial charge on any atom is -0.336 e. The highest BCUT2D eigenvalue weighted by molar-refractivity contribution is 7.86. The molecule has 116 valence electrons. The molecule has 1 aliphatic heterocycles. The van der Waals surface area contributed by atoms with Gasteiger partial charge in [0.1, 0.15) is 5.15 Å². The van der Waals surface area contributed by atoms with Gasteiger partial charge in [-0.1, -0.05) is 18.5 Å². The summed E-state index contributed by atoms with van der Waals surface area (Å²) < 4.78 is 23.6. The number of carbonyl (C=O) groups is 1. The zero-order valence-corrected chi connectivity index (χ0v) is 13.2. The molecule has 0 aliphatic carbocycles. The van der Waals surface area contributed by atoms with E-state index in [0.29, 0.717) is 25.1 Å². The van der Waals surface area contributed by atoms with Gasteiger partial charge in [0.05, 0.1) is 0 Å². The number of nitrogens with two attached hydrogens (primary N) is 1. The van der Waals surface area contributed by atoms with Gasteiger partial charge in [0.15, 0.2) is 0 Å². The van der Waals surface area contributed by atoms with Crippen LogP contribution in [0.1, 0.15) is 23.0 Å². The third-order valence-electron chi connectivity index (χ3n) is 3.34. The summed E-state index contributed by atoms with van der Waals surface area (Å²) in [6.07, 6.45) is 0.681. The molecule has 7 nitrogen and oxygen atoms in total. The number of halogens is 1. The summed E-state index contributed by atoms with van der Waals surface area (Å²) in [5.41, 5.74) is 1.21. The number of amides is 1. The van der Waals surface area contributed by atoms with Crippen LogP contribution in [0.15, 0.2) is 12.1 Å². The van der Waals surface area contributed by atoms with Gasteiger partial charge in [0.2, 0.25) is 0 Å². The van der Waals surface area contributed by atoms with Crippen LogP contribution >= 0.6 is 11.6 Å². The van der Waals surface area contributed by atoms with Gasteiger partial charge in [-0.2, -0.15) is 12.7 Å². The number of piperazine rings is 1. The first kappa shape index (κ1) is 16.2. The lowest BCUT2D eigenvalue weighted by molar-refractivity contribution is 0.0697. The van der Waals surface area contributed by atoms with Crippen molar-refractivity contribution < 1.29 is 13.2 Å². The van der Waals surface area contributed by atoms with E-state index in [-0.39, 0.29) is 24.1 Å². The van der Waals surface area contributed by atoms with E-state index >= 15 is 0 Å². The lowest BCUT2D eigenvalue weighted by Gasteiger charge is -2.33. The van der Waals surface area contributed by atoms with Crippen LogP contribution in [0.25, 0.3) is 0 Å². The Morgan fingerprint density at radius 2 is 1.95 bits per heavy atom. The fraction of sp³-hybridized carbons (Fsp3) is 0.500. The number of rotatable bonds is 3. The van der Waals surface area contributed by atoms with Gasteiger partial charge in [-0.25, -0.2) is 10.1 Å². The maximum Gasteiger partial charge on any atom is 0.277 e. The Balaban J connectivity index is 2.10. The molecule has 0 saturated carbocycles. The van der Waals surface area contributed by atoms with Crippen molar-refractivity contribution in [3.05, 3.63) is 28.5 Å². The van der Waals surface area contributed by atoms with Gasteiger partial charge in [0.25, 0.3) is 16.1 Å². The molecule has 0 radical (unpaired) electrons. The van der Waals surface area contributed by atoms with Crippen LogP contribution in [0.4, 0.5) is 0 Å². The first-order chi connectivity index (χ1) is 9.81. The second-order valence-corrected chi connectivity index (χ2v) is 6.69. The van der Waals surface area contributed by atoms with Crippen LogP contribution in [0, 0.1) is 0 Å². The van der Waals surface area contributed by atoms with Gasteiger partial charge in [-0.3, -0.25) is 4.79 Å². The summed E-state index contributed by atoms with van der Waals surface area (Å²) in [6.45, 7) is 2.93.